The summed E-state index contributed by atoms with van der Waals surface area (Å²) in [5, 5.41) is 10.7. The van der Waals surface area contributed by atoms with Gasteiger partial charge in [-0.2, -0.15) is 0 Å². The molecule has 2 fully saturated rings. The van der Waals surface area contributed by atoms with Crippen LogP contribution in [0, 0.1) is 39.9 Å². The number of fused-ring (bicyclic) bond motifs is 4. The van der Waals surface area contributed by atoms with Crippen LogP contribution in [0.25, 0.3) is 0 Å². The van der Waals surface area contributed by atoms with Crippen molar-refractivity contribution in [2.45, 2.75) is 119 Å². The molecule has 1 N–H and O–H groups in total. The summed E-state index contributed by atoms with van der Waals surface area (Å²) in [4.78, 5) is 0. The van der Waals surface area contributed by atoms with E-state index >= 15 is 0 Å². The third-order valence-corrected chi connectivity index (χ3v) is 11.1. The molecular weight excluding hydrogens is 364 g/mol. The highest BCUT2D eigenvalue weighted by Gasteiger charge is 2.60. The average molecular weight is 413 g/mol. The average Bonchev–Trinajstić information content (AvgIpc) is 2.96. The minimum atomic E-state index is -0.108. The predicted octanol–water partition coefficient (Wildman–Crippen LogP) is 8.09. The molecule has 1 nitrogen and oxygen atoms in total. The van der Waals surface area contributed by atoms with Crippen molar-refractivity contribution in [3.63, 3.8) is 0 Å². The molecule has 0 amide bonds. The fourth-order valence-corrected chi connectivity index (χ4v) is 8.87. The van der Waals surface area contributed by atoms with Crippen LogP contribution < -0.4 is 0 Å². The van der Waals surface area contributed by atoms with Gasteiger partial charge in [-0.3, -0.25) is 0 Å². The van der Waals surface area contributed by atoms with Gasteiger partial charge in [-0.25, -0.2) is 0 Å². The van der Waals surface area contributed by atoms with Gasteiger partial charge >= 0.3 is 0 Å². The van der Waals surface area contributed by atoms with Gasteiger partial charge in [-0.1, -0.05) is 57.4 Å². The standard InChI is InChI=1S/C29H48O/c1-19(2)9-8-10-20(3)23-16-18-29(7)25-13-12-24-21(11-14-26(30)27(24,4)5)22(25)15-17-28(23,29)6/h9,20-21,23-24,26,30H,8,10-18H2,1-7H3/t20-,21-,23-,24-,26+,28+,29+/m0/s1. The molecule has 0 saturated heterocycles. The van der Waals surface area contributed by atoms with Crippen LogP contribution in [0.4, 0.5) is 0 Å². The Hall–Kier alpha value is -0.560. The highest BCUT2D eigenvalue weighted by atomic mass is 16.3. The van der Waals surface area contributed by atoms with Crippen molar-refractivity contribution in [1.29, 1.82) is 0 Å². The molecule has 170 valence electrons. The summed E-state index contributed by atoms with van der Waals surface area (Å²) in [7, 11) is 0. The van der Waals surface area contributed by atoms with Crippen molar-refractivity contribution in [3.8, 4) is 0 Å². The van der Waals surface area contributed by atoms with Gasteiger partial charge in [-0.05, 0) is 118 Å². The molecule has 0 aromatic rings. The van der Waals surface area contributed by atoms with Gasteiger partial charge in [0, 0.05) is 0 Å². The van der Waals surface area contributed by atoms with Gasteiger partial charge in [-0.15, -0.1) is 0 Å². The Balaban J connectivity index is 1.60. The summed E-state index contributed by atoms with van der Waals surface area (Å²) < 4.78 is 0. The second kappa shape index (κ2) is 7.79. The van der Waals surface area contributed by atoms with Crippen LogP contribution in [0.3, 0.4) is 0 Å². The number of aliphatic hydroxyl groups is 1. The number of hydrogen-bond donors (Lipinski definition) is 1. The first-order valence-electron chi connectivity index (χ1n) is 13.1. The van der Waals surface area contributed by atoms with Gasteiger partial charge in [0.05, 0.1) is 6.10 Å². The Bertz CT molecular complexity index is 723. The molecule has 0 aromatic carbocycles. The summed E-state index contributed by atoms with van der Waals surface area (Å²) >= 11 is 0. The second-order valence-electron chi connectivity index (χ2n) is 12.9. The highest BCUT2D eigenvalue weighted by molar-refractivity contribution is 5.36. The maximum atomic E-state index is 10.7. The van der Waals surface area contributed by atoms with E-state index in [2.05, 4.69) is 54.5 Å². The molecule has 4 aliphatic rings. The normalized spacial score (nSPS) is 43.5. The lowest BCUT2D eigenvalue weighted by atomic mass is 9.47. The Morgan fingerprint density at radius 3 is 2.47 bits per heavy atom. The van der Waals surface area contributed by atoms with E-state index in [4.69, 9.17) is 0 Å². The quantitative estimate of drug-likeness (QED) is 0.462. The highest BCUT2D eigenvalue weighted by Crippen LogP contribution is 2.70. The smallest absolute Gasteiger partial charge is 0.0594 e. The molecule has 0 bridgehead atoms. The molecule has 2 saturated carbocycles. The first kappa shape index (κ1) is 22.6. The fourth-order valence-electron chi connectivity index (χ4n) is 8.87. The summed E-state index contributed by atoms with van der Waals surface area (Å²) in [6.07, 6.45) is 15.3. The molecule has 1 heteroatoms. The van der Waals surface area contributed by atoms with Gasteiger partial charge in [0.15, 0.2) is 0 Å². The molecule has 0 heterocycles. The SMILES string of the molecule is CC(C)=CCC[C@H](C)[C@@H]1CC[C@]2(C)C3=C(CC[C@]12C)[C@@H]1CC[C@@H](O)C(C)(C)[C@H]1CC3. The Morgan fingerprint density at radius 1 is 1.03 bits per heavy atom. The lowest BCUT2D eigenvalue weighted by Gasteiger charge is -2.58. The van der Waals surface area contributed by atoms with Crippen molar-refractivity contribution >= 4 is 0 Å². The summed E-state index contributed by atoms with van der Waals surface area (Å²) in [5.41, 5.74) is 6.21. The molecule has 0 radical (unpaired) electrons. The van der Waals surface area contributed by atoms with Crippen LogP contribution in [0.1, 0.15) is 113 Å². The summed E-state index contributed by atoms with van der Waals surface area (Å²) in [6.45, 7) is 17.0. The van der Waals surface area contributed by atoms with Crippen LogP contribution >= 0.6 is 0 Å². The first-order chi connectivity index (χ1) is 14.0. The minimum Gasteiger partial charge on any atom is -0.393 e. The zero-order chi connectivity index (χ0) is 21.9. The fraction of sp³-hybridized carbons (Fsp3) is 0.862. The maximum Gasteiger partial charge on any atom is 0.0594 e. The van der Waals surface area contributed by atoms with Crippen molar-refractivity contribution in [2.75, 3.05) is 0 Å². The largest absolute Gasteiger partial charge is 0.393 e. The number of allylic oxidation sites excluding steroid dienone is 4. The minimum absolute atomic E-state index is 0.0841. The first-order valence-corrected chi connectivity index (χ1v) is 13.1. The van der Waals surface area contributed by atoms with E-state index in [1.807, 2.05) is 11.1 Å². The van der Waals surface area contributed by atoms with Crippen LogP contribution in [0.2, 0.25) is 0 Å². The lowest BCUT2D eigenvalue weighted by molar-refractivity contribution is -0.0627. The Labute approximate surface area is 186 Å². The third kappa shape index (κ3) is 3.28. The third-order valence-electron chi connectivity index (χ3n) is 11.1. The van der Waals surface area contributed by atoms with E-state index in [1.54, 1.807) is 0 Å². The summed E-state index contributed by atoms with van der Waals surface area (Å²) in [5.74, 6) is 3.15. The summed E-state index contributed by atoms with van der Waals surface area (Å²) in [6, 6.07) is 0. The van der Waals surface area contributed by atoms with Gasteiger partial charge in [0.1, 0.15) is 0 Å². The molecule has 4 rings (SSSR count). The molecule has 0 aromatic heterocycles. The van der Waals surface area contributed by atoms with Gasteiger partial charge in [0.2, 0.25) is 0 Å². The molecule has 7 atom stereocenters. The van der Waals surface area contributed by atoms with Crippen molar-refractivity contribution in [2.24, 2.45) is 39.9 Å². The maximum absolute atomic E-state index is 10.7. The molecule has 0 spiro atoms. The molecule has 0 unspecified atom stereocenters. The number of aliphatic hydroxyl groups excluding tert-OH is 1. The van der Waals surface area contributed by atoms with Crippen LogP contribution in [-0.4, -0.2) is 11.2 Å². The predicted molar refractivity (Wildman–Crippen MR) is 128 cm³/mol. The van der Waals surface area contributed by atoms with E-state index < -0.39 is 0 Å². The Morgan fingerprint density at radius 2 is 1.77 bits per heavy atom. The molecule has 4 aliphatic carbocycles. The zero-order valence-corrected chi connectivity index (χ0v) is 21.0. The number of rotatable bonds is 4. The van der Waals surface area contributed by atoms with E-state index in [1.165, 1.54) is 63.4 Å². The topological polar surface area (TPSA) is 20.2 Å². The van der Waals surface area contributed by atoms with E-state index in [-0.39, 0.29) is 11.5 Å². The van der Waals surface area contributed by atoms with Crippen molar-refractivity contribution in [1.82, 2.24) is 0 Å². The van der Waals surface area contributed by atoms with Crippen molar-refractivity contribution in [3.05, 3.63) is 22.8 Å². The van der Waals surface area contributed by atoms with Gasteiger partial charge in [0.25, 0.3) is 0 Å². The van der Waals surface area contributed by atoms with Crippen LogP contribution in [0.15, 0.2) is 22.8 Å². The van der Waals surface area contributed by atoms with E-state index in [0.717, 1.165) is 24.2 Å². The molecule has 30 heavy (non-hydrogen) atoms. The van der Waals surface area contributed by atoms with Crippen LogP contribution in [-0.2, 0) is 0 Å². The lowest BCUT2D eigenvalue weighted by Crippen LogP contribution is -2.50. The Kier molecular flexibility index (Phi) is 5.87. The monoisotopic (exact) mass is 412 g/mol. The van der Waals surface area contributed by atoms with Crippen LogP contribution in [0.5, 0.6) is 0 Å². The van der Waals surface area contributed by atoms with E-state index in [9.17, 15) is 5.11 Å². The van der Waals surface area contributed by atoms with Crippen molar-refractivity contribution < 1.29 is 5.11 Å². The molecular formula is C29H48O. The zero-order valence-electron chi connectivity index (χ0n) is 21.0. The second-order valence-corrected chi connectivity index (χ2v) is 12.9. The van der Waals surface area contributed by atoms with Gasteiger partial charge < -0.3 is 5.11 Å². The number of hydrogen-bond acceptors (Lipinski definition) is 1. The van der Waals surface area contributed by atoms with E-state index in [0.29, 0.717) is 16.7 Å². The molecule has 0 aliphatic heterocycles.